The minimum Gasteiger partial charge on any atom is -0.326 e. The summed E-state index contributed by atoms with van der Waals surface area (Å²) < 4.78 is 0. The SMILES string of the molecule is C/N=C/CN. The maximum Gasteiger partial charge on any atom is 0.0279 e. The third kappa shape index (κ3) is 3.63. The fourth-order valence-electron chi connectivity index (χ4n) is 0.105. The third-order valence-electron chi connectivity index (χ3n) is 0.288. The summed E-state index contributed by atoms with van der Waals surface area (Å²) in [5, 5.41) is 0. The molecule has 30 valence electrons. The highest BCUT2D eigenvalue weighted by Gasteiger charge is 1.51. The molecule has 0 amide bonds. The van der Waals surface area contributed by atoms with Crippen molar-refractivity contribution in [1.29, 1.82) is 0 Å². The topological polar surface area (TPSA) is 38.4 Å². The van der Waals surface area contributed by atoms with Crippen LogP contribution >= 0.6 is 0 Å². The van der Waals surface area contributed by atoms with Crippen LogP contribution < -0.4 is 5.73 Å². The molecule has 0 unspecified atom stereocenters. The smallest absolute Gasteiger partial charge is 0.0279 e. The Morgan fingerprint density at radius 2 is 2.60 bits per heavy atom. The van der Waals surface area contributed by atoms with Crippen molar-refractivity contribution in [3.8, 4) is 0 Å². The van der Waals surface area contributed by atoms with Gasteiger partial charge in [0, 0.05) is 19.8 Å². The monoisotopic (exact) mass is 72.1 g/mol. The van der Waals surface area contributed by atoms with Crippen LogP contribution in [0.25, 0.3) is 0 Å². The Hall–Kier alpha value is -0.370. The Balaban J connectivity index is 2.62. The van der Waals surface area contributed by atoms with Crippen molar-refractivity contribution in [3.63, 3.8) is 0 Å². The van der Waals surface area contributed by atoms with Crippen LogP contribution in [-0.4, -0.2) is 19.8 Å². The first-order chi connectivity index (χ1) is 2.41. The summed E-state index contributed by atoms with van der Waals surface area (Å²) in [6.45, 7) is 0.552. The molecule has 0 saturated carbocycles. The van der Waals surface area contributed by atoms with E-state index in [1.165, 1.54) is 0 Å². The van der Waals surface area contributed by atoms with E-state index in [-0.39, 0.29) is 0 Å². The lowest BCUT2D eigenvalue weighted by atomic mass is 10.8. The summed E-state index contributed by atoms with van der Waals surface area (Å²) >= 11 is 0. The number of aliphatic imine (C=N–C) groups is 1. The van der Waals surface area contributed by atoms with Crippen molar-refractivity contribution in [2.24, 2.45) is 10.7 Å². The Morgan fingerprint density at radius 1 is 2.00 bits per heavy atom. The first-order valence-corrected chi connectivity index (χ1v) is 1.52. The molecule has 0 aliphatic heterocycles. The van der Waals surface area contributed by atoms with Crippen LogP contribution in [0.5, 0.6) is 0 Å². The van der Waals surface area contributed by atoms with Crippen molar-refractivity contribution in [2.75, 3.05) is 13.6 Å². The molecule has 0 aromatic rings. The Morgan fingerprint density at radius 3 is 2.60 bits per heavy atom. The minimum absolute atomic E-state index is 0.552. The molecule has 0 aliphatic carbocycles. The molecule has 5 heavy (non-hydrogen) atoms. The molecule has 2 heteroatoms. The van der Waals surface area contributed by atoms with E-state index < -0.39 is 0 Å². The van der Waals surface area contributed by atoms with Gasteiger partial charge in [-0.1, -0.05) is 0 Å². The number of nitrogens with two attached hydrogens (primary N) is 1. The van der Waals surface area contributed by atoms with E-state index in [9.17, 15) is 0 Å². The van der Waals surface area contributed by atoms with Crippen molar-refractivity contribution >= 4 is 6.21 Å². The van der Waals surface area contributed by atoms with E-state index in [0.29, 0.717) is 6.54 Å². The van der Waals surface area contributed by atoms with Gasteiger partial charge in [0.25, 0.3) is 0 Å². The average Bonchev–Trinajstić information content (AvgIpc) is 1.41. The highest BCUT2D eigenvalue weighted by atomic mass is 14.7. The maximum atomic E-state index is 4.99. The molecule has 0 aromatic carbocycles. The van der Waals surface area contributed by atoms with Gasteiger partial charge < -0.3 is 5.73 Å². The number of hydrogen-bond donors (Lipinski definition) is 1. The second-order valence-electron chi connectivity index (χ2n) is 0.676. The molecule has 0 aromatic heterocycles. The van der Waals surface area contributed by atoms with Crippen LogP contribution in [-0.2, 0) is 0 Å². The molecule has 0 fully saturated rings. The van der Waals surface area contributed by atoms with E-state index in [1.54, 1.807) is 13.3 Å². The van der Waals surface area contributed by atoms with Gasteiger partial charge in [0.2, 0.25) is 0 Å². The van der Waals surface area contributed by atoms with Gasteiger partial charge in [-0.2, -0.15) is 0 Å². The van der Waals surface area contributed by atoms with Crippen molar-refractivity contribution in [1.82, 2.24) is 0 Å². The largest absolute Gasteiger partial charge is 0.326 e. The highest BCUT2D eigenvalue weighted by molar-refractivity contribution is 5.58. The lowest BCUT2D eigenvalue weighted by Crippen LogP contribution is -1.97. The molecule has 0 atom stereocenters. The standard InChI is InChI=1S/C3H8N2/c1-5-3-2-4/h3H,2,4H2,1H3/b5-3+. The van der Waals surface area contributed by atoms with Crippen molar-refractivity contribution in [3.05, 3.63) is 0 Å². The van der Waals surface area contributed by atoms with Crippen LogP contribution in [0, 0.1) is 0 Å². The summed E-state index contributed by atoms with van der Waals surface area (Å²) in [6, 6.07) is 0. The van der Waals surface area contributed by atoms with E-state index in [4.69, 9.17) is 5.73 Å². The van der Waals surface area contributed by atoms with E-state index in [0.717, 1.165) is 0 Å². The first-order valence-electron chi connectivity index (χ1n) is 1.52. The lowest BCUT2D eigenvalue weighted by molar-refractivity contribution is 1.31. The molecule has 2 N–H and O–H groups in total. The van der Waals surface area contributed by atoms with Gasteiger partial charge in [-0.15, -0.1) is 0 Å². The predicted octanol–water partition coefficient (Wildman–Crippen LogP) is -0.354. The fourth-order valence-corrected chi connectivity index (χ4v) is 0.105. The van der Waals surface area contributed by atoms with Gasteiger partial charge in [0.1, 0.15) is 0 Å². The molecule has 0 saturated heterocycles. The molecule has 2 nitrogen and oxygen atoms in total. The van der Waals surface area contributed by atoms with Crippen LogP contribution in [0.2, 0.25) is 0 Å². The van der Waals surface area contributed by atoms with Gasteiger partial charge in [-0.05, 0) is 0 Å². The molecular weight excluding hydrogens is 64.0 g/mol. The number of rotatable bonds is 1. The van der Waals surface area contributed by atoms with Crippen LogP contribution in [0.3, 0.4) is 0 Å². The van der Waals surface area contributed by atoms with Gasteiger partial charge in [0.05, 0.1) is 0 Å². The predicted molar refractivity (Wildman–Crippen MR) is 23.5 cm³/mol. The second-order valence-corrected chi connectivity index (χ2v) is 0.676. The summed E-state index contributed by atoms with van der Waals surface area (Å²) in [5.74, 6) is 0. The van der Waals surface area contributed by atoms with Crippen LogP contribution in [0.4, 0.5) is 0 Å². The Bertz CT molecular complexity index is 31.9. The van der Waals surface area contributed by atoms with Gasteiger partial charge in [-0.3, -0.25) is 4.99 Å². The summed E-state index contributed by atoms with van der Waals surface area (Å²) in [6.07, 6.45) is 1.65. The van der Waals surface area contributed by atoms with Crippen molar-refractivity contribution < 1.29 is 0 Å². The first kappa shape index (κ1) is 4.63. The maximum absolute atomic E-state index is 4.99. The van der Waals surface area contributed by atoms with E-state index >= 15 is 0 Å². The third-order valence-corrected chi connectivity index (χ3v) is 0.288. The summed E-state index contributed by atoms with van der Waals surface area (Å²) in [4.78, 5) is 3.60. The molecule has 0 spiro atoms. The molecule has 0 rings (SSSR count). The molecule has 0 bridgehead atoms. The quantitative estimate of drug-likeness (QED) is 0.422. The minimum atomic E-state index is 0.552. The van der Waals surface area contributed by atoms with Gasteiger partial charge in [-0.25, -0.2) is 0 Å². The average molecular weight is 72.1 g/mol. The lowest BCUT2D eigenvalue weighted by Gasteiger charge is -1.67. The van der Waals surface area contributed by atoms with E-state index in [2.05, 4.69) is 4.99 Å². The Kier molecular flexibility index (Phi) is 3.36. The molecular formula is C3H8N2. The highest BCUT2D eigenvalue weighted by Crippen LogP contribution is 1.40. The summed E-state index contributed by atoms with van der Waals surface area (Å²) in [5.41, 5.74) is 4.99. The number of hydrogen-bond acceptors (Lipinski definition) is 2. The van der Waals surface area contributed by atoms with Crippen LogP contribution in [0.15, 0.2) is 4.99 Å². The molecule has 0 radical (unpaired) electrons. The second kappa shape index (κ2) is 3.63. The molecule has 0 heterocycles. The number of nitrogens with zero attached hydrogens (tertiary/aromatic N) is 1. The van der Waals surface area contributed by atoms with Crippen molar-refractivity contribution in [2.45, 2.75) is 0 Å². The van der Waals surface area contributed by atoms with Gasteiger partial charge >= 0.3 is 0 Å². The summed E-state index contributed by atoms with van der Waals surface area (Å²) in [7, 11) is 1.70. The Labute approximate surface area is 31.7 Å². The normalized spacial score (nSPS) is 10.0. The zero-order valence-electron chi connectivity index (χ0n) is 3.31. The van der Waals surface area contributed by atoms with Crippen LogP contribution in [0.1, 0.15) is 0 Å². The van der Waals surface area contributed by atoms with Gasteiger partial charge in [0.15, 0.2) is 0 Å². The van der Waals surface area contributed by atoms with E-state index in [1.807, 2.05) is 0 Å². The molecule has 0 aliphatic rings. The zero-order chi connectivity index (χ0) is 4.12. The zero-order valence-corrected chi connectivity index (χ0v) is 3.31. The fraction of sp³-hybridized carbons (Fsp3) is 0.667.